The molecule has 0 fully saturated rings. The largest absolute Gasteiger partial charge is 0.515 e. The van der Waals surface area contributed by atoms with Crippen molar-refractivity contribution in [3.8, 4) is 0 Å². The highest BCUT2D eigenvalue weighted by Gasteiger charge is 2.19. The lowest BCUT2D eigenvalue weighted by Crippen LogP contribution is -1.93. The molecule has 0 spiro atoms. The molecule has 1 aromatic heterocycles. The van der Waals surface area contributed by atoms with E-state index in [0.29, 0.717) is 12.5 Å². The van der Waals surface area contributed by atoms with Crippen LogP contribution >= 0.6 is 0 Å². The molecule has 1 heterocycles. The number of allylic oxidation sites excluding steroid dienone is 1. The van der Waals surface area contributed by atoms with Crippen molar-refractivity contribution in [3.05, 3.63) is 28.3 Å². The summed E-state index contributed by atoms with van der Waals surface area (Å²) in [6.07, 6.45) is 1.73. The van der Waals surface area contributed by atoms with Gasteiger partial charge in [0.25, 0.3) is 0 Å². The number of hydrogen-bond acceptors (Lipinski definition) is 5. The second-order valence-corrected chi connectivity index (χ2v) is 2.09. The Balaban J connectivity index is 3.21. The van der Waals surface area contributed by atoms with Gasteiger partial charge in [-0.2, -0.15) is 5.10 Å². The lowest BCUT2D eigenvalue weighted by Gasteiger charge is -1.91. The summed E-state index contributed by atoms with van der Waals surface area (Å²) in [4.78, 5) is 19.9. The predicted molar refractivity (Wildman–Crippen MR) is 41.9 cm³/mol. The molecule has 0 unspecified atom stereocenters. The van der Waals surface area contributed by atoms with Crippen LogP contribution < -0.4 is 0 Å². The number of aromatic nitrogens is 2. The van der Waals surface area contributed by atoms with Gasteiger partial charge < -0.3 is 5.11 Å². The van der Waals surface area contributed by atoms with Gasteiger partial charge in [0.15, 0.2) is 6.29 Å². The summed E-state index contributed by atoms with van der Waals surface area (Å²) in [6.45, 7) is 0. The molecule has 0 aliphatic carbocycles. The first-order valence-electron chi connectivity index (χ1n) is 3.18. The van der Waals surface area contributed by atoms with E-state index in [1.165, 1.54) is 0 Å². The molecule has 0 atom stereocenters. The zero-order chi connectivity index (χ0) is 9.84. The van der Waals surface area contributed by atoms with Crippen LogP contribution in [0.25, 0.3) is 5.57 Å². The molecule has 0 aliphatic rings. The van der Waals surface area contributed by atoms with Crippen molar-refractivity contribution < 1.29 is 14.8 Å². The van der Waals surface area contributed by atoms with Gasteiger partial charge in [-0.15, -0.1) is 0 Å². The summed E-state index contributed by atoms with van der Waals surface area (Å²) in [5.41, 5.74) is -0.681. The summed E-state index contributed by atoms with van der Waals surface area (Å²) < 4.78 is 0. The SMILES string of the molecule is O=C/C(=C\O)c1[nH]ncc1[N+](=O)[O-]. The molecule has 0 amide bonds. The number of aldehydes is 1. The van der Waals surface area contributed by atoms with Crippen molar-refractivity contribution >= 4 is 17.5 Å². The monoisotopic (exact) mass is 183 g/mol. The number of rotatable bonds is 3. The third-order valence-corrected chi connectivity index (χ3v) is 1.37. The minimum atomic E-state index is -0.703. The van der Waals surface area contributed by atoms with Crippen LogP contribution in [0, 0.1) is 10.1 Å². The van der Waals surface area contributed by atoms with Gasteiger partial charge in [0, 0.05) is 0 Å². The van der Waals surface area contributed by atoms with Gasteiger partial charge in [-0.3, -0.25) is 20.0 Å². The average molecular weight is 183 g/mol. The Morgan fingerprint density at radius 1 is 1.77 bits per heavy atom. The lowest BCUT2D eigenvalue weighted by atomic mass is 10.2. The molecule has 0 saturated heterocycles. The van der Waals surface area contributed by atoms with Gasteiger partial charge in [-0.05, 0) is 0 Å². The van der Waals surface area contributed by atoms with E-state index in [9.17, 15) is 14.9 Å². The molecule has 2 N–H and O–H groups in total. The summed E-state index contributed by atoms with van der Waals surface area (Å²) in [5.74, 6) is 0. The van der Waals surface area contributed by atoms with Crippen molar-refractivity contribution in [1.29, 1.82) is 0 Å². The maximum Gasteiger partial charge on any atom is 0.314 e. The number of carbonyl (C=O) groups is 1. The van der Waals surface area contributed by atoms with E-state index in [-0.39, 0.29) is 17.0 Å². The van der Waals surface area contributed by atoms with Crippen molar-refractivity contribution in [2.45, 2.75) is 0 Å². The minimum absolute atomic E-state index is 0.109. The van der Waals surface area contributed by atoms with Crippen molar-refractivity contribution in [1.82, 2.24) is 10.2 Å². The molecule has 1 aromatic rings. The molecule has 0 aromatic carbocycles. The van der Waals surface area contributed by atoms with Crippen LogP contribution in [0.15, 0.2) is 12.5 Å². The second-order valence-electron chi connectivity index (χ2n) is 2.09. The van der Waals surface area contributed by atoms with Gasteiger partial charge in [-0.25, -0.2) is 0 Å². The van der Waals surface area contributed by atoms with Gasteiger partial charge >= 0.3 is 5.69 Å². The van der Waals surface area contributed by atoms with Crippen LogP contribution in [0.3, 0.4) is 0 Å². The summed E-state index contributed by atoms with van der Waals surface area (Å²) in [5, 5.41) is 24.5. The first kappa shape index (κ1) is 8.91. The number of aliphatic hydroxyl groups is 1. The summed E-state index contributed by atoms with van der Waals surface area (Å²) in [6, 6.07) is 0. The molecular formula is C6H5N3O4. The Bertz CT molecular complexity index is 368. The van der Waals surface area contributed by atoms with Crippen LogP contribution in [0.4, 0.5) is 5.69 Å². The Morgan fingerprint density at radius 2 is 2.46 bits per heavy atom. The van der Waals surface area contributed by atoms with Gasteiger partial charge in [0.05, 0.1) is 16.8 Å². The summed E-state index contributed by atoms with van der Waals surface area (Å²) >= 11 is 0. The second kappa shape index (κ2) is 3.48. The quantitative estimate of drug-likeness (QED) is 0.232. The van der Waals surface area contributed by atoms with Gasteiger partial charge in [0.1, 0.15) is 11.9 Å². The normalized spacial score (nSPS) is 11.2. The minimum Gasteiger partial charge on any atom is -0.515 e. The number of nitrogens with zero attached hydrogens (tertiary/aromatic N) is 2. The number of hydrogen-bond donors (Lipinski definition) is 2. The maximum absolute atomic E-state index is 10.3. The maximum atomic E-state index is 10.3. The van der Waals surface area contributed by atoms with Crippen LogP contribution in [-0.2, 0) is 4.79 Å². The molecule has 68 valence electrons. The zero-order valence-corrected chi connectivity index (χ0v) is 6.30. The number of aromatic amines is 1. The molecule has 7 heteroatoms. The fraction of sp³-hybridized carbons (Fsp3) is 0. The van der Waals surface area contributed by atoms with Crippen molar-refractivity contribution in [2.75, 3.05) is 0 Å². The van der Waals surface area contributed by atoms with Crippen LogP contribution in [0.5, 0.6) is 0 Å². The van der Waals surface area contributed by atoms with Crippen molar-refractivity contribution in [3.63, 3.8) is 0 Å². The number of H-pyrrole nitrogens is 1. The molecule has 0 aliphatic heterocycles. The first-order valence-corrected chi connectivity index (χ1v) is 3.18. The Labute approximate surface area is 71.8 Å². The highest BCUT2D eigenvalue weighted by atomic mass is 16.6. The molecule has 7 nitrogen and oxygen atoms in total. The topological polar surface area (TPSA) is 109 Å². The third-order valence-electron chi connectivity index (χ3n) is 1.37. The Kier molecular flexibility index (Phi) is 2.38. The number of nitro groups is 1. The lowest BCUT2D eigenvalue weighted by molar-refractivity contribution is -0.385. The predicted octanol–water partition coefficient (Wildman–Crippen LogP) is 0.416. The molecule has 0 radical (unpaired) electrons. The number of nitrogens with one attached hydrogen (secondary N) is 1. The van der Waals surface area contributed by atoms with E-state index in [2.05, 4.69) is 10.2 Å². The van der Waals surface area contributed by atoms with E-state index >= 15 is 0 Å². The first-order chi connectivity index (χ1) is 6.20. The smallest absolute Gasteiger partial charge is 0.314 e. The standard InChI is InChI=1S/C6H5N3O4/c10-2-4(3-11)6-5(9(12)13)1-7-8-6/h1-3,10H,(H,7,8)/b4-2+. The number of aliphatic hydroxyl groups excluding tert-OH is 1. The molecule has 13 heavy (non-hydrogen) atoms. The third kappa shape index (κ3) is 1.53. The zero-order valence-electron chi connectivity index (χ0n) is 6.30. The molecule has 0 saturated carbocycles. The van der Waals surface area contributed by atoms with Gasteiger partial charge in [-0.1, -0.05) is 0 Å². The van der Waals surface area contributed by atoms with E-state index in [1.54, 1.807) is 0 Å². The average Bonchev–Trinajstić information content (AvgIpc) is 2.55. The number of carbonyl (C=O) groups excluding carboxylic acids is 1. The summed E-state index contributed by atoms with van der Waals surface area (Å²) in [7, 11) is 0. The highest BCUT2D eigenvalue weighted by molar-refractivity contribution is 6.07. The van der Waals surface area contributed by atoms with Crippen molar-refractivity contribution in [2.24, 2.45) is 0 Å². The van der Waals surface area contributed by atoms with Crippen LogP contribution in [0.1, 0.15) is 5.69 Å². The molecular weight excluding hydrogens is 178 g/mol. The highest BCUT2D eigenvalue weighted by Crippen LogP contribution is 2.20. The van der Waals surface area contributed by atoms with Crippen LogP contribution in [-0.4, -0.2) is 26.5 Å². The van der Waals surface area contributed by atoms with Crippen LogP contribution in [0.2, 0.25) is 0 Å². The molecule has 0 bridgehead atoms. The van der Waals surface area contributed by atoms with E-state index in [4.69, 9.17) is 5.11 Å². The van der Waals surface area contributed by atoms with E-state index < -0.39 is 4.92 Å². The fourth-order valence-electron chi connectivity index (χ4n) is 0.785. The van der Waals surface area contributed by atoms with Gasteiger partial charge in [0.2, 0.25) is 0 Å². The Hall–Kier alpha value is -2.18. The fourth-order valence-corrected chi connectivity index (χ4v) is 0.785. The molecule has 1 rings (SSSR count). The van der Waals surface area contributed by atoms with E-state index in [1.807, 2.05) is 0 Å². The Morgan fingerprint density at radius 3 is 2.92 bits per heavy atom. The van der Waals surface area contributed by atoms with E-state index in [0.717, 1.165) is 6.20 Å².